The van der Waals surface area contributed by atoms with E-state index in [-0.39, 0.29) is 0 Å². The lowest BCUT2D eigenvalue weighted by molar-refractivity contribution is 0.281. The van der Waals surface area contributed by atoms with E-state index in [4.69, 9.17) is 11.6 Å². The molecule has 0 aliphatic carbocycles. The first kappa shape index (κ1) is 19.0. The Balaban J connectivity index is 1.98. The van der Waals surface area contributed by atoms with Gasteiger partial charge in [-0.3, -0.25) is 4.90 Å². The number of likely N-dealkylation sites (N-methyl/N-ethyl adjacent to an activating group) is 2. The van der Waals surface area contributed by atoms with Crippen molar-refractivity contribution in [2.75, 3.05) is 33.7 Å². The highest BCUT2D eigenvalue weighted by Gasteiger charge is 2.20. The number of benzene rings is 1. The third kappa shape index (κ3) is 4.32. The molecule has 1 aliphatic rings. The van der Waals surface area contributed by atoms with Gasteiger partial charge in [-0.05, 0) is 61.6 Å². The zero-order valence-electron chi connectivity index (χ0n) is 16.0. The maximum atomic E-state index is 6.09. The fourth-order valence-electron chi connectivity index (χ4n) is 3.53. The van der Waals surface area contributed by atoms with Crippen LogP contribution in [-0.2, 0) is 19.5 Å². The Bertz CT molecular complexity index is 748. The van der Waals surface area contributed by atoms with Crippen LogP contribution in [0.1, 0.15) is 23.7 Å². The van der Waals surface area contributed by atoms with Gasteiger partial charge in [0.15, 0.2) is 0 Å². The van der Waals surface area contributed by atoms with Crippen LogP contribution in [0.25, 0.3) is 5.69 Å². The third-order valence-corrected chi connectivity index (χ3v) is 5.27. The highest BCUT2D eigenvalue weighted by atomic mass is 35.5. The number of hydrogen-bond donors (Lipinski definition) is 1. The number of allylic oxidation sites excluding steroid dienone is 1. The Morgan fingerprint density at radius 1 is 1.23 bits per heavy atom. The molecule has 0 saturated carbocycles. The summed E-state index contributed by atoms with van der Waals surface area (Å²) >= 11 is 6.09. The molecule has 26 heavy (non-hydrogen) atoms. The second kappa shape index (κ2) is 8.76. The fourth-order valence-corrected chi connectivity index (χ4v) is 3.66. The Hall–Kier alpha value is -1.75. The van der Waals surface area contributed by atoms with Crippen molar-refractivity contribution in [3.63, 3.8) is 0 Å². The van der Waals surface area contributed by atoms with E-state index in [0.717, 1.165) is 44.2 Å². The van der Waals surface area contributed by atoms with E-state index < -0.39 is 0 Å². The van der Waals surface area contributed by atoms with Crippen molar-refractivity contribution in [2.45, 2.75) is 26.4 Å². The van der Waals surface area contributed by atoms with Gasteiger partial charge in [0, 0.05) is 49.3 Å². The molecule has 0 atom stereocenters. The molecule has 3 rings (SSSR count). The van der Waals surface area contributed by atoms with Crippen molar-refractivity contribution in [1.82, 2.24) is 19.7 Å². The molecule has 4 nitrogen and oxygen atoms in total. The minimum atomic E-state index is 0.773. The molecule has 5 heteroatoms. The highest BCUT2D eigenvalue weighted by molar-refractivity contribution is 6.30. The van der Waals surface area contributed by atoms with Gasteiger partial charge in [0.2, 0.25) is 0 Å². The molecule has 0 saturated heterocycles. The summed E-state index contributed by atoms with van der Waals surface area (Å²) in [7, 11) is 4.15. The molecule has 0 bridgehead atoms. The number of nitrogens with zero attached hydrogens (tertiary/aromatic N) is 3. The average Bonchev–Trinajstić information content (AvgIpc) is 2.83. The minimum Gasteiger partial charge on any atom is -0.375 e. The lowest BCUT2D eigenvalue weighted by Crippen LogP contribution is -2.30. The van der Waals surface area contributed by atoms with Gasteiger partial charge in [-0.1, -0.05) is 24.6 Å². The van der Waals surface area contributed by atoms with Crippen LogP contribution < -0.4 is 5.32 Å². The number of fused-ring (bicyclic) bond motifs is 1. The third-order valence-electron chi connectivity index (χ3n) is 5.02. The molecule has 0 fully saturated rings. The van der Waals surface area contributed by atoms with Gasteiger partial charge in [-0.15, -0.1) is 0 Å². The van der Waals surface area contributed by atoms with Crippen molar-refractivity contribution in [3.05, 3.63) is 64.6 Å². The lowest BCUT2D eigenvalue weighted by Gasteiger charge is -2.20. The van der Waals surface area contributed by atoms with Crippen LogP contribution in [0.5, 0.6) is 0 Å². The number of aromatic nitrogens is 1. The average molecular weight is 373 g/mol. The molecule has 1 aromatic carbocycles. The predicted molar refractivity (Wildman–Crippen MR) is 110 cm³/mol. The van der Waals surface area contributed by atoms with Gasteiger partial charge in [0.05, 0.1) is 6.54 Å². The lowest BCUT2D eigenvalue weighted by atomic mass is 10.1. The smallest absolute Gasteiger partial charge is 0.0579 e. The van der Waals surface area contributed by atoms with E-state index in [2.05, 4.69) is 64.3 Å². The van der Waals surface area contributed by atoms with Crippen LogP contribution in [0.4, 0.5) is 0 Å². The zero-order chi connectivity index (χ0) is 18.5. The first-order valence-corrected chi connectivity index (χ1v) is 9.72. The normalized spacial score (nSPS) is 14.0. The number of rotatable bonds is 7. The molecule has 0 spiro atoms. The molecule has 1 N–H and O–H groups in total. The predicted octanol–water partition coefficient (Wildman–Crippen LogP) is 3.67. The summed E-state index contributed by atoms with van der Waals surface area (Å²) in [6.45, 7) is 7.26. The van der Waals surface area contributed by atoms with E-state index in [0.29, 0.717) is 0 Å². The first-order chi connectivity index (χ1) is 12.6. The molecule has 0 unspecified atom stereocenters. The highest BCUT2D eigenvalue weighted by Crippen LogP contribution is 2.27. The van der Waals surface area contributed by atoms with E-state index >= 15 is 0 Å². The summed E-state index contributed by atoms with van der Waals surface area (Å²) in [4.78, 5) is 4.75. The number of halogens is 1. The quantitative estimate of drug-likeness (QED) is 0.802. The van der Waals surface area contributed by atoms with Gasteiger partial charge in [-0.2, -0.15) is 0 Å². The summed E-state index contributed by atoms with van der Waals surface area (Å²) in [5.41, 5.74) is 5.43. The van der Waals surface area contributed by atoms with E-state index in [1.165, 1.54) is 22.5 Å². The zero-order valence-corrected chi connectivity index (χ0v) is 16.8. The summed E-state index contributed by atoms with van der Waals surface area (Å²) in [5, 5.41) is 4.03. The van der Waals surface area contributed by atoms with Crippen molar-refractivity contribution in [1.29, 1.82) is 0 Å². The van der Waals surface area contributed by atoms with Crippen LogP contribution in [-0.4, -0.2) is 48.1 Å². The molecule has 1 aliphatic heterocycles. The summed E-state index contributed by atoms with van der Waals surface area (Å²) in [6, 6.07) is 8.13. The van der Waals surface area contributed by atoms with Gasteiger partial charge >= 0.3 is 0 Å². The molecule has 140 valence electrons. The van der Waals surface area contributed by atoms with Crippen molar-refractivity contribution in [2.24, 2.45) is 0 Å². The molecular weight excluding hydrogens is 344 g/mol. The summed E-state index contributed by atoms with van der Waals surface area (Å²) in [5.74, 6) is 0. The van der Waals surface area contributed by atoms with Crippen LogP contribution in [0, 0.1) is 0 Å². The van der Waals surface area contributed by atoms with Crippen molar-refractivity contribution in [3.8, 4) is 5.69 Å². The van der Waals surface area contributed by atoms with Crippen molar-refractivity contribution < 1.29 is 0 Å². The van der Waals surface area contributed by atoms with Gasteiger partial charge in [0.25, 0.3) is 0 Å². The monoisotopic (exact) mass is 372 g/mol. The maximum Gasteiger partial charge on any atom is 0.0579 e. The van der Waals surface area contributed by atoms with Gasteiger partial charge in [-0.25, -0.2) is 0 Å². The minimum absolute atomic E-state index is 0.773. The second-order valence-corrected chi connectivity index (χ2v) is 7.34. The number of nitrogens with one attached hydrogen (secondary N) is 1. The van der Waals surface area contributed by atoms with E-state index in [1.54, 1.807) is 0 Å². The van der Waals surface area contributed by atoms with Crippen LogP contribution in [0.15, 0.2) is 42.7 Å². The van der Waals surface area contributed by atoms with Crippen LogP contribution in [0.2, 0.25) is 5.02 Å². The molecule has 2 heterocycles. The standard InChI is InChI=1S/C21H29ClN4/c1-4-25(13-11-23-2)14-17-15-26(19-9-7-18(22)8-10-19)21-16-24(3)12-5-6-20(17)21/h5,7-10,12,15,23H,4,6,11,13-14,16H2,1-3H3. The fraction of sp³-hybridized carbons (Fsp3) is 0.429. The maximum absolute atomic E-state index is 6.09. The second-order valence-electron chi connectivity index (χ2n) is 6.90. The van der Waals surface area contributed by atoms with Crippen molar-refractivity contribution >= 4 is 11.6 Å². The molecular formula is C21H29ClN4. The van der Waals surface area contributed by atoms with Crippen LogP contribution >= 0.6 is 11.6 Å². The van der Waals surface area contributed by atoms with Gasteiger partial charge < -0.3 is 14.8 Å². The first-order valence-electron chi connectivity index (χ1n) is 9.34. The molecule has 2 aromatic rings. The van der Waals surface area contributed by atoms with Gasteiger partial charge in [0.1, 0.15) is 0 Å². The SMILES string of the molecule is CCN(CCNC)Cc1cn(-c2ccc(Cl)cc2)c2c1CC=CN(C)C2. The van der Waals surface area contributed by atoms with E-state index in [1.807, 2.05) is 19.2 Å². The Labute approximate surface area is 162 Å². The summed E-state index contributed by atoms with van der Waals surface area (Å²) in [6.07, 6.45) is 7.77. The Morgan fingerprint density at radius 3 is 2.69 bits per heavy atom. The summed E-state index contributed by atoms with van der Waals surface area (Å²) < 4.78 is 2.34. The largest absolute Gasteiger partial charge is 0.375 e. The topological polar surface area (TPSA) is 23.4 Å². The van der Waals surface area contributed by atoms with Crippen LogP contribution in [0.3, 0.4) is 0 Å². The van der Waals surface area contributed by atoms with E-state index in [9.17, 15) is 0 Å². The molecule has 0 amide bonds. The molecule has 0 radical (unpaired) electrons. The Morgan fingerprint density at radius 2 is 2.00 bits per heavy atom. The molecule has 1 aromatic heterocycles. The number of hydrogen-bond acceptors (Lipinski definition) is 3. The Kier molecular flexibility index (Phi) is 6.41.